The van der Waals surface area contributed by atoms with Crippen molar-refractivity contribution < 1.29 is 19.4 Å². The van der Waals surface area contributed by atoms with Gasteiger partial charge in [0, 0.05) is 18.3 Å². The molecule has 1 N–H and O–H groups in total. The predicted octanol–water partition coefficient (Wildman–Crippen LogP) is 7.40. The lowest BCUT2D eigenvalue weighted by Crippen LogP contribution is -2.55. The van der Waals surface area contributed by atoms with Gasteiger partial charge in [0.2, 0.25) is 0 Å². The first-order valence-corrected chi connectivity index (χ1v) is 14.5. The van der Waals surface area contributed by atoms with E-state index in [0.717, 1.165) is 49.8 Å². The van der Waals surface area contributed by atoms with E-state index in [2.05, 4.69) is 26.5 Å². The molecular weight excluding hydrogens is 460 g/mol. The van der Waals surface area contributed by atoms with Gasteiger partial charge in [0.25, 0.3) is 0 Å². The van der Waals surface area contributed by atoms with Crippen LogP contribution in [0.2, 0.25) is 0 Å². The number of hydrogen-bond donors (Lipinski definition) is 1. The maximum atomic E-state index is 13.0. The first-order valence-electron chi connectivity index (χ1n) is 14.5. The Kier molecular flexibility index (Phi) is 6.98. The molecule has 0 aliphatic heterocycles. The van der Waals surface area contributed by atoms with Gasteiger partial charge in [0.05, 0.1) is 13.2 Å². The fourth-order valence-electron chi connectivity index (χ4n) is 9.25. The molecule has 0 radical (unpaired) electrons. The number of ketones is 1. The third kappa shape index (κ3) is 4.23. The highest BCUT2D eigenvalue weighted by Crippen LogP contribution is 2.70. The maximum Gasteiger partial charge on any atom is 0.169 e. The highest BCUT2D eigenvalue weighted by Gasteiger charge is 2.65. The molecule has 1 aromatic carbocycles. The Morgan fingerprint density at radius 3 is 2.51 bits per heavy atom. The molecule has 4 aliphatic carbocycles. The summed E-state index contributed by atoms with van der Waals surface area (Å²) in [4.78, 5) is 13.0. The quantitative estimate of drug-likeness (QED) is 0.295. The summed E-state index contributed by atoms with van der Waals surface area (Å²) >= 11 is 0. The van der Waals surface area contributed by atoms with E-state index < -0.39 is 5.79 Å². The van der Waals surface area contributed by atoms with Crippen LogP contribution in [0.3, 0.4) is 0 Å². The van der Waals surface area contributed by atoms with Gasteiger partial charge < -0.3 is 14.6 Å². The van der Waals surface area contributed by atoms with Crippen molar-refractivity contribution in [1.29, 1.82) is 0 Å². The molecule has 37 heavy (non-hydrogen) atoms. The third-order valence-electron chi connectivity index (χ3n) is 11.4. The molecule has 0 spiro atoms. The van der Waals surface area contributed by atoms with Crippen LogP contribution >= 0.6 is 0 Å². The number of carbonyl (C=O) groups is 1. The normalized spacial score (nSPS) is 40.7. The van der Waals surface area contributed by atoms with Crippen molar-refractivity contribution in [3.63, 3.8) is 0 Å². The summed E-state index contributed by atoms with van der Waals surface area (Å²) in [5.41, 5.74) is 2.37. The topological polar surface area (TPSA) is 55.8 Å². The molecule has 3 unspecified atom stereocenters. The van der Waals surface area contributed by atoms with Gasteiger partial charge in [0.15, 0.2) is 5.79 Å². The van der Waals surface area contributed by atoms with Crippen LogP contribution in [0.4, 0.5) is 0 Å². The number of rotatable bonds is 8. The Hall–Kier alpha value is -1.91. The summed E-state index contributed by atoms with van der Waals surface area (Å²) in [6, 6.07) is 7.95. The fourth-order valence-corrected chi connectivity index (χ4v) is 9.25. The third-order valence-corrected chi connectivity index (χ3v) is 11.4. The van der Waals surface area contributed by atoms with Crippen molar-refractivity contribution in [3.8, 4) is 5.75 Å². The predicted molar refractivity (Wildman–Crippen MR) is 147 cm³/mol. The molecule has 202 valence electrons. The fraction of sp³-hybridized carbons (Fsp3) is 0.667. The van der Waals surface area contributed by atoms with Crippen molar-refractivity contribution in [2.75, 3.05) is 6.61 Å². The zero-order chi connectivity index (χ0) is 26.5. The lowest BCUT2D eigenvalue weighted by atomic mass is 9.45. The number of allylic oxidation sites excluding steroid dienone is 2. The van der Waals surface area contributed by atoms with Crippen LogP contribution in [0.1, 0.15) is 91.0 Å². The lowest BCUT2D eigenvalue weighted by Gasteiger charge is -2.60. The van der Waals surface area contributed by atoms with Crippen LogP contribution in [0.5, 0.6) is 5.75 Å². The second kappa shape index (κ2) is 9.68. The lowest BCUT2D eigenvalue weighted by molar-refractivity contribution is -0.231. The van der Waals surface area contributed by atoms with E-state index in [-0.39, 0.29) is 16.2 Å². The minimum Gasteiger partial charge on any atom is -0.494 e. The van der Waals surface area contributed by atoms with Gasteiger partial charge in [-0.25, -0.2) is 0 Å². The second-order valence-corrected chi connectivity index (χ2v) is 12.9. The van der Waals surface area contributed by atoms with E-state index >= 15 is 0 Å². The van der Waals surface area contributed by atoms with Crippen molar-refractivity contribution in [1.82, 2.24) is 0 Å². The first kappa shape index (κ1) is 26.7. The largest absolute Gasteiger partial charge is 0.494 e. The van der Waals surface area contributed by atoms with E-state index in [1.807, 2.05) is 44.2 Å². The van der Waals surface area contributed by atoms with E-state index in [0.29, 0.717) is 49.6 Å². The Labute approximate surface area is 223 Å². The molecule has 0 amide bonds. The molecule has 0 bridgehead atoms. The smallest absolute Gasteiger partial charge is 0.169 e. The first-order chi connectivity index (χ1) is 17.6. The van der Waals surface area contributed by atoms with Gasteiger partial charge >= 0.3 is 0 Å². The van der Waals surface area contributed by atoms with Gasteiger partial charge in [-0.15, -0.1) is 6.58 Å². The van der Waals surface area contributed by atoms with Crippen LogP contribution < -0.4 is 4.74 Å². The number of ether oxygens (including phenoxy) is 2. The molecule has 3 fully saturated rings. The number of hydrogen-bond acceptors (Lipinski definition) is 4. The highest BCUT2D eigenvalue weighted by molar-refractivity contribution is 5.84. The molecule has 0 saturated heterocycles. The van der Waals surface area contributed by atoms with Gasteiger partial charge in [-0.2, -0.15) is 0 Å². The van der Waals surface area contributed by atoms with Crippen LogP contribution in [-0.4, -0.2) is 23.3 Å². The van der Waals surface area contributed by atoms with Gasteiger partial charge in [-0.3, -0.25) is 4.79 Å². The average molecular weight is 507 g/mol. The monoisotopic (exact) mass is 506 g/mol. The van der Waals surface area contributed by atoms with Crippen molar-refractivity contribution in [2.24, 2.45) is 34.0 Å². The van der Waals surface area contributed by atoms with Gasteiger partial charge in [0.1, 0.15) is 11.5 Å². The van der Waals surface area contributed by atoms with Crippen LogP contribution in [0.25, 0.3) is 0 Å². The number of fused-ring (bicyclic) bond motifs is 5. The van der Waals surface area contributed by atoms with Gasteiger partial charge in [-0.1, -0.05) is 43.7 Å². The number of carbonyl (C=O) groups excluding carboxylic acids is 1. The summed E-state index contributed by atoms with van der Waals surface area (Å²) in [6.07, 6.45) is 13.0. The summed E-state index contributed by atoms with van der Waals surface area (Å²) < 4.78 is 11.7. The Balaban J connectivity index is 1.31. The van der Waals surface area contributed by atoms with E-state index in [1.54, 1.807) is 0 Å². The van der Waals surface area contributed by atoms with E-state index in [9.17, 15) is 9.90 Å². The minimum atomic E-state index is -1.11. The molecule has 0 aromatic heterocycles. The number of benzene rings is 1. The summed E-state index contributed by atoms with van der Waals surface area (Å²) in [7, 11) is 0. The van der Waals surface area contributed by atoms with Crippen molar-refractivity contribution >= 4 is 5.78 Å². The zero-order valence-corrected chi connectivity index (χ0v) is 23.4. The second-order valence-electron chi connectivity index (χ2n) is 12.9. The highest BCUT2D eigenvalue weighted by atomic mass is 16.6. The standard InChI is InChI=1S/C33H46O4/c1-6-16-32(23(3)34)18-15-29-27-13-10-25-21-33(35,37-22-24-8-11-26(12-9-24)36-7-2)20-19-30(25,4)28(27)14-17-31(29,32)5/h6,8-12,27-29,35H,1,7,13-22H2,2-5H3/t27?,28?,29?,30-,31-,32-,33-/m0/s1. The molecule has 3 saturated carbocycles. The molecule has 0 heterocycles. The Morgan fingerprint density at radius 1 is 1.11 bits per heavy atom. The maximum absolute atomic E-state index is 13.0. The van der Waals surface area contributed by atoms with Crippen LogP contribution in [0, 0.1) is 34.0 Å². The number of Topliss-reactive ketones (excluding diaryl/α,β-unsaturated/α-hetero) is 1. The molecule has 5 rings (SSSR count). The van der Waals surface area contributed by atoms with E-state index in [4.69, 9.17) is 9.47 Å². The zero-order valence-electron chi connectivity index (χ0n) is 23.4. The molecule has 1 aromatic rings. The number of aliphatic hydroxyl groups is 1. The van der Waals surface area contributed by atoms with E-state index in [1.165, 1.54) is 12.0 Å². The van der Waals surface area contributed by atoms with Crippen LogP contribution in [0.15, 0.2) is 48.6 Å². The molecule has 4 nitrogen and oxygen atoms in total. The van der Waals surface area contributed by atoms with Crippen LogP contribution in [-0.2, 0) is 16.1 Å². The summed E-state index contributed by atoms with van der Waals surface area (Å²) in [6.45, 7) is 13.7. The summed E-state index contributed by atoms with van der Waals surface area (Å²) in [5, 5.41) is 11.5. The summed E-state index contributed by atoms with van der Waals surface area (Å²) in [5.74, 6) is 1.93. The molecule has 7 atom stereocenters. The molecular formula is C33H46O4. The molecule has 4 heteroatoms. The Bertz CT molecular complexity index is 1060. The minimum absolute atomic E-state index is 0.0616. The molecule has 4 aliphatic rings. The van der Waals surface area contributed by atoms with Crippen molar-refractivity contribution in [3.05, 3.63) is 54.1 Å². The SMILES string of the molecule is C=CC[C@@]1(C(C)=O)CCC2C3CC=C4C[C@@](O)(OCc5ccc(OCC)cc5)CC[C@]4(C)C3CC[C@@]21C. The average Bonchev–Trinajstić information content (AvgIpc) is 3.18. The Morgan fingerprint density at radius 2 is 1.84 bits per heavy atom. The van der Waals surface area contributed by atoms with Crippen molar-refractivity contribution in [2.45, 2.75) is 97.9 Å². The van der Waals surface area contributed by atoms with Gasteiger partial charge in [-0.05, 0) is 105 Å².